The Labute approximate surface area is 109 Å². The minimum absolute atomic E-state index is 0.0209. The summed E-state index contributed by atoms with van der Waals surface area (Å²) in [7, 11) is -1.92. The normalized spacial score (nSPS) is 23.1. The molecule has 0 radical (unpaired) electrons. The fourth-order valence-electron chi connectivity index (χ4n) is 2.31. The molecule has 1 heterocycles. The number of alkyl halides is 3. The predicted octanol–water partition coefficient (Wildman–Crippen LogP) is 2.01. The van der Waals surface area contributed by atoms with Crippen LogP contribution in [0.4, 0.5) is 13.2 Å². The quantitative estimate of drug-likeness (QED) is 0.907. The third-order valence-corrected chi connectivity index (χ3v) is 5.91. The highest BCUT2D eigenvalue weighted by molar-refractivity contribution is 7.92. The summed E-state index contributed by atoms with van der Waals surface area (Å²) in [4.78, 5) is 0.0209. The van der Waals surface area contributed by atoms with E-state index in [1.54, 1.807) is 14.0 Å². The first-order valence-electron chi connectivity index (χ1n) is 5.79. The second-order valence-electron chi connectivity index (χ2n) is 4.69. The molecule has 1 aromatic carbocycles. The molecule has 1 aliphatic rings. The summed E-state index contributed by atoms with van der Waals surface area (Å²) in [5.41, 5.74) is -0.555. The molecule has 2 unspecified atom stereocenters. The molecule has 106 valence electrons. The van der Waals surface area contributed by atoms with Crippen molar-refractivity contribution in [1.82, 2.24) is 5.32 Å². The zero-order valence-electron chi connectivity index (χ0n) is 10.5. The molecule has 0 amide bonds. The highest BCUT2D eigenvalue weighted by Crippen LogP contribution is 2.37. The Morgan fingerprint density at radius 2 is 2.00 bits per heavy atom. The molecule has 7 heteroatoms. The Balaban J connectivity index is 2.48. The molecule has 19 heavy (non-hydrogen) atoms. The number of nitrogens with one attached hydrogen (secondary N) is 1. The van der Waals surface area contributed by atoms with Gasteiger partial charge in [0.05, 0.1) is 15.7 Å². The first kappa shape index (κ1) is 14.3. The molecule has 2 rings (SSSR count). The number of sulfone groups is 1. The molecule has 1 N–H and O–H groups in total. The van der Waals surface area contributed by atoms with Gasteiger partial charge in [0.25, 0.3) is 0 Å². The topological polar surface area (TPSA) is 46.2 Å². The number of halogens is 3. The molecular weight excluding hydrogens is 279 g/mol. The van der Waals surface area contributed by atoms with Crippen LogP contribution in [-0.2, 0) is 22.4 Å². The Morgan fingerprint density at radius 1 is 1.37 bits per heavy atom. The van der Waals surface area contributed by atoms with Crippen LogP contribution in [0.2, 0.25) is 0 Å². The molecule has 3 nitrogen and oxygen atoms in total. The zero-order valence-corrected chi connectivity index (χ0v) is 11.3. The Morgan fingerprint density at radius 3 is 2.53 bits per heavy atom. The van der Waals surface area contributed by atoms with Crippen LogP contribution in [-0.4, -0.2) is 26.8 Å². The highest BCUT2D eigenvalue weighted by atomic mass is 32.2. The van der Waals surface area contributed by atoms with Gasteiger partial charge in [0.2, 0.25) is 0 Å². The zero-order chi connectivity index (χ0) is 14.4. The van der Waals surface area contributed by atoms with Crippen LogP contribution in [0, 0.1) is 0 Å². The summed E-state index contributed by atoms with van der Waals surface area (Å²) >= 11 is 0. The summed E-state index contributed by atoms with van der Waals surface area (Å²) in [6, 6.07) is 2.51. The summed E-state index contributed by atoms with van der Waals surface area (Å²) in [6.07, 6.45) is -4.34. The van der Waals surface area contributed by atoms with Crippen LogP contribution in [0.3, 0.4) is 0 Å². The van der Waals surface area contributed by atoms with Crippen molar-refractivity contribution in [2.75, 3.05) is 7.05 Å². The average Bonchev–Trinajstić information content (AvgIpc) is 2.59. The van der Waals surface area contributed by atoms with Gasteiger partial charge >= 0.3 is 6.18 Å². The van der Waals surface area contributed by atoms with Crippen LogP contribution >= 0.6 is 0 Å². The fourth-order valence-corrected chi connectivity index (χ4v) is 4.48. The van der Waals surface area contributed by atoms with Crippen molar-refractivity contribution in [3.8, 4) is 0 Å². The molecule has 0 bridgehead atoms. The lowest BCUT2D eigenvalue weighted by Crippen LogP contribution is -2.38. The maximum atomic E-state index is 12.6. The minimum atomic E-state index is -4.45. The molecule has 0 spiro atoms. The van der Waals surface area contributed by atoms with E-state index in [-0.39, 0.29) is 22.9 Å². The van der Waals surface area contributed by atoms with Gasteiger partial charge in [-0.1, -0.05) is 0 Å². The molecule has 0 aliphatic carbocycles. The van der Waals surface area contributed by atoms with E-state index in [4.69, 9.17) is 0 Å². The smallest absolute Gasteiger partial charge is 0.316 e. The summed E-state index contributed by atoms with van der Waals surface area (Å²) in [6.45, 7) is 1.71. The van der Waals surface area contributed by atoms with Gasteiger partial charge in [0.15, 0.2) is 9.84 Å². The third kappa shape index (κ3) is 2.36. The van der Waals surface area contributed by atoms with E-state index in [1.165, 1.54) is 0 Å². The molecule has 0 saturated carbocycles. The lowest BCUT2D eigenvalue weighted by Gasteiger charge is -2.17. The van der Waals surface area contributed by atoms with Crippen molar-refractivity contribution < 1.29 is 21.6 Å². The summed E-state index contributed by atoms with van der Waals surface area (Å²) in [5.74, 6) is 0. The average molecular weight is 293 g/mol. The number of hydrogen-bond donors (Lipinski definition) is 1. The lowest BCUT2D eigenvalue weighted by atomic mass is 10.0. The van der Waals surface area contributed by atoms with Crippen molar-refractivity contribution in [2.45, 2.75) is 35.7 Å². The lowest BCUT2D eigenvalue weighted by molar-refractivity contribution is -0.137. The SMILES string of the molecule is CNC(C)C1Cc2cc(C(F)(F)F)ccc2S1(=O)=O. The molecule has 0 aromatic heterocycles. The van der Waals surface area contributed by atoms with E-state index in [0.717, 1.165) is 18.2 Å². The van der Waals surface area contributed by atoms with E-state index < -0.39 is 26.8 Å². The Bertz CT molecular complexity index is 595. The van der Waals surface area contributed by atoms with Gasteiger partial charge < -0.3 is 5.32 Å². The van der Waals surface area contributed by atoms with Gasteiger partial charge in [0.1, 0.15) is 0 Å². The highest BCUT2D eigenvalue weighted by Gasteiger charge is 2.41. The van der Waals surface area contributed by atoms with Crippen LogP contribution in [0.25, 0.3) is 0 Å². The predicted molar refractivity (Wildman–Crippen MR) is 64.6 cm³/mol. The maximum Gasteiger partial charge on any atom is 0.416 e. The summed E-state index contributed by atoms with van der Waals surface area (Å²) in [5, 5.41) is 2.13. The molecule has 0 fully saturated rings. The Kier molecular flexibility index (Phi) is 3.38. The van der Waals surface area contributed by atoms with E-state index in [2.05, 4.69) is 5.32 Å². The van der Waals surface area contributed by atoms with Crippen molar-refractivity contribution in [1.29, 1.82) is 0 Å². The monoisotopic (exact) mass is 293 g/mol. The Hall–Kier alpha value is -1.08. The molecule has 1 aliphatic heterocycles. The van der Waals surface area contributed by atoms with Gasteiger partial charge in [-0.05, 0) is 44.2 Å². The molecular formula is C12H14F3NO2S. The van der Waals surface area contributed by atoms with Gasteiger partial charge in [-0.2, -0.15) is 13.2 Å². The maximum absolute atomic E-state index is 12.6. The summed E-state index contributed by atoms with van der Waals surface area (Å²) < 4.78 is 62.3. The van der Waals surface area contributed by atoms with Gasteiger partial charge in [-0.25, -0.2) is 8.42 Å². The first-order valence-corrected chi connectivity index (χ1v) is 7.34. The molecule has 2 atom stereocenters. The first-order chi connectivity index (χ1) is 8.67. The van der Waals surface area contributed by atoms with Crippen LogP contribution in [0.15, 0.2) is 23.1 Å². The van der Waals surface area contributed by atoms with Crippen molar-refractivity contribution >= 4 is 9.84 Å². The second-order valence-corrected chi connectivity index (χ2v) is 6.82. The number of fused-ring (bicyclic) bond motifs is 1. The third-order valence-electron chi connectivity index (χ3n) is 3.53. The van der Waals surface area contributed by atoms with Crippen molar-refractivity contribution in [2.24, 2.45) is 0 Å². The van der Waals surface area contributed by atoms with Gasteiger partial charge in [0, 0.05) is 6.04 Å². The van der Waals surface area contributed by atoms with E-state index in [9.17, 15) is 21.6 Å². The fraction of sp³-hybridized carbons (Fsp3) is 0.500. The van der Waals surface area contributed by atoms with Crippen LogP contribution < -0.4 is 5.32 Å². The van der Waals surface area contributed by atoms with Crippen molar-refractivity contribution in [3.05, 3.63) is 29.3 Å². The standard InChI is InChI=1S/C12H14F3NO2S/c1-7(16-2)11-6-8-5-9(12(13,14)15)3-4-10(8)19(11,17)18/h3-5,7,11,16H,6H2,1-2H3. The molecule has 0 saturated heterocycles. The number of hydrogen-bond acceptors (Lipinski definition) is 3. The largest absolute Gasteiger partial charge is 0.416 e. The number of benzene rings is 1. The van der Waals surface area contributed by atoms with E-state index in [1.807, 2.05) is 0 Å². The van der Waals surface area contributed by atoms with E-state index in [0.29, 0.717) is 0 Å². The van der Waals surface area contributed by atoms with E-state index >= 15 is 0 Å². The van der Waals surface area contributed by atoms with Crippen LogP contribution in [0.5, 0.6) is 0 Å². The minimum Gasteiger partial charge on any atom is -0.316 e. The van der Waals surface area contributed by atoms with Crippen LogP contribution in [0.1, 0.15) is 18.1 Å². The number of rotatable bonds is 2. The molecule has 1 aromatic rings. The second kappa shape index (κ2) is 4.49. The van der Waals surface area contributed by atoms with Crippen molar-refractivity contribution in [3.63, 3.8) is 0 Å². The van der Waals surface area contributed by atoms with Gasteiger partial charge in [-0.15, -0.1) is 0 Å². The van der Waals surface area contributed by atoms with Gasteiger partial charge in [-0.3, -0.25) is 0 Å².